The van der Waals surface area contributed by atoms with Crippen molar-refractivity contribution < 1.29 is 4.79 Å². The molecular formula is C9H17NO. The second-order valence-corrected chi connectivity index (χ2v) is 3.76. The molecule has 0 spiro atoms. The summed E-state index contributed by atoms with van der Waals surface area (Å²) >= 11 is 0. The topological polar surface area (TPSA) is 20.3 Å². The van der Waals surface area contributed by atoms with Gasteiger partial charge >= 0.3 is 0 Å². The van der Waals surface area contributed by atoms with Crippen LogP contribution in [0.2, 0.25) is 0 Å². The van der Waals surface area contributed by atoms with Gasteiger partial charge in [-0.2, -0.15) is 0 Å². The molecule has 11 heavy (non-hydrogen) atoms. The zero-order chi connectivity index (χ0) is 8.43. The molecule has 2 atom stereocenters. The average molecular weight is 155 g/mol. The molecule has 0 bridgehead atoms. The van der Waals surface area contributed by atoms with Crippen molar-refractivity contribution in [1.29, 1.82) is 0 Å². The van der Waals surface area contributed by atoms with Gasteiger partial charge in [0.2, 0.25) is 0 Å². The lowest BCUT2D eigenvalue weighted by Gasteiger charge is -2.14. The van der Waals surface area contributed by atoms with E-state index in [4.69, 9.17) is 0 Å². The molecule has 0 aromatic rings. The van der Waals surface area contributed by atoms with Crippen LogP contribution in [-0.2, 0) is 4.79 Å². The van der Waals surface area contributed by atoms with Crippen molar-refractivity contribution in [3.8, 4) is 0 Å². The van der Waals surface area contributed by atoms with E-state index in [1.807, 2.05) is 13.8 Å². The fourth-order valence-electron chi connectivity index (χ4n) is 1.69. The maximum Gasteiger partial charge on any atom is 0.139 e. The number of likely N-dealkylation sites (tertiary alicyclic amines) is 1. The predicted molar refractivity (Wildman–Crippen MR) is 45.4 cm³/mol. The largest absolute Gasteiger partial charge is 0.306 e. The first-order valence-electron chi connectivity index (χ1n) is 4.33. The Bertz CT molecular complexity index is 156. The molecule has 0 amide bonds. The first-order valence-corrected chi connectivity index (χ1v) is 4.33. The molecule has 1 heterocycles. The summed E-state index contributed by atoms with van der Waals surface area (Å²) in [5.74, 6) is 0.946. The van der Waals surface area contributed by atoms with Crippen molar-refractivity contribution in [3.63, 3.8) is 0 Å². The molecule has 0 aromatic carbocycles. The van der Waals surface area contributed by atoms with Crippen molar-refractivity contribution in [2.24, 2.45) is 11.8 Å². The van der Waals surface area contributed by atoms with Crippen molar-refractivity contribution in [3.05, 3.63) is 0 Å². The van der Waals surface area contributed by atoms with Gasteiger partial charge in [0.15, 0.2) is 0 Å². The summed E-state index contributed by atoms with van der Waals surface area (Å²) in [7, 11) is 2.09. The standard InChI is InChI=1S/C9H17NO/c1-7-4-5-10(3)6-8(2)9(7)11/h7-8H,4-6H2,1-3H3. The summed E-state index contributed by atoms with van der Waals surface area (Å²) < 4.78 is 0. The number of hydrogen-bond donors (Lipinski definition) is 0. The number of carbonyl (C=O) groups is 1. The van der Waals surface area contributed by atoms with E-state index in [0.717, 1.165) is 19.5 Å². The molecule has 1 saturated heterocycles. The number of hydrogen-bond acceptors (Lipinski definition) is 2. The molecule has 1 fully saturated rings. The number of carbonyl (C=O) groups excluding carboxylic acids is 1. The smallest absolute Gasteiger partial charge is 0.139 e. The van der Waals surface area contributed by atoms with Crippen molar-refractivity contribution >= 4 is 5.78 Å². The van der Waals surface area contributed by atoms with E-state index in [9.17, 15) is 4.79 Å². The van der Waals surface area contributed by atoms with Gasteiger partial charge in [-0.05, 0) is 20.0 Å². The number of ketones is 1. The van der Waals surface area contributed by atoms with Crippen LogP contribution in [0.1, 0.15) is 20.3 Å². The first-order chi connectivity index (χ1) is 5.11. The van der Waals surface area contributed by atoms with E-state index in [1.54, 1.807) is 0 Å². The Labute approximate surface area is 68.6 Å². The van der Waals surface area contributed by atoms with Crippen LogP contribution in [0.25, 0.3) is 0 Å². The zero-order valence-electron chi connectivity index (χ0n) is 7.63. The van der Waals surface area contributed by atoms with Crippen molar-refractivity contribution in [1.82, 2.24) is 4.90 Å². The monoisotopic (exact) mass is 155 g/mol. The molecular weight excluding hydrogens is 138 g/mol. The van der Waals surface area contributed by atoms with Gasteiger partial charge in [0.25, 0.3) is 0 Å². The Hall–Kier alpha value is -0.370. The van der Waals surface area contributed by atoms with E-state index in [0.29, 0.717) is 5.78 Å². The molecule has 1 aliphatic heterocycles. The van der Waals surface area contributed by atoms with E-state index in [1.165, 1.54) is 0 Å². The second kappa shape index (κ2) is 3.35. The maximum absolute atomic E-state index is 11.5. The molecule has 2 unspecified atom stereocenters. The van der Waals surface area contributed by atoms with Crippen LogP contribution in [-0.4, -0.2) is 30.8 Å². The number of nitrogens with zero attached hydrogens (tertiary/aromatic N) is 1. The lowest BCUT2D eigenvalue weighted by molar-refractivity contribution is -0.125. The summed E-state index contributed by atoms with van der Waals surface area (Å²) in [6.07, 6.45) is 1.03. The van der Waals surface area contributed by atoms with Crippen LogP contribution in [0, 0.1) is 11.8 Å². The quantitative estimate of drug-likeness (QED) is 0.523. The lowest BCUT2D eigenvalue weighted by atomic mass is 9.95. The fraction of sp³-hybridized carbons (Fsp3) is 0.889. The lowest BCUT2D eigenvalue weighted by Crippen LogP contribution is -2.25. The summed E-state index contributed by atoms with van der Waals surface area (Å²) in [4.78, 5) is 13.7. The molecule has 0 radical (unpaired) electrons. The summed E-state index contributed by atoms with van der Waals surface area (Å²) in [6.45, 7) is 6.07. The maximum atomic E-state index is 11.5. The van der Waals surface area contributed by atoms with Crippen LogP contribution in [0.4, 0.5) is 0 Å². The molecule has 0 N–H and O–H groups in total. The molecule has 1 rings (SSSR count). The SMILES string of the molecule is CC1CCN(C)CC(C)C1=O. The first kappa shape index (κ1) is 8.72. The van der Waals surface area contributed by atoms with E-state index in [-0.39, 0.29) is 11.8 Å². The fourth-order valence-corrected chi connectivity index (χ4v) is 1.69. The number of rotatable bonds is 0. The normalized spacial score (nSPS) is 35.4. The van der Waals surface area contributed by atoms with Crippen LogP contribution in [0.3, 0.4) is 0 Å². The molecule has 2 heteroatoms. The number of Topliss-reactive ketones (excluding diaryl/α,β-unsaturated/α-hetero) is 1. The molecule has 0 aliphatic carbocycles. The van der Waals surface area contributed by atoms with E-state index >= 15 is 0 Å². The van der Waals surface area contributed by atoms with Gasteiger partial charge in [0, 0.05) is 18.4 Å². The van der Waals surface area contributed by atoms with Crippen molar-refractivity contribution in [2.75, 3.05) is 20.1 Å². The van der Waals surface area contributed by atoms with Gasteiger partial charge in [-0.3, -0.25) is 4.79 Å². The summed E-state index contributed by atoms with van der Waals surface area (Å²) in [6, 6.07) is 0. The van der Waals surface area contributed by atoms with Gasteiger partial charge in [0.05, 0.1) is 0 Å². The Morgan fingerprint density at radius 1 is 1.36 bits per heavy atom. The third kappa shape index (κ3) is 2.03. The highest BCUT2D eigenvalue weighted by molar-refractivity contribution is 5.83. The average Bonchev–Trinajstić information content (AvgIpc) is 2.05. The Morgan fingerprint density at radius 2 is 2.00 bits per heavy atom. The third-order valence-electron chi connectivity index (χ3n) is 2.50. The highest BCUT2D eigenvalue weighted by Gasteiger charge is 2.24. The van der Waals surface area contributed by atoms with Gasteiger partial charge in [-0.25, -0.2) is 0 Å². The molecule has 0 saturated carbocycles. The third-order valence-corrected chi connectivity index (χ3v) is 2.50. The van der Waals surface area contributed by atoms with Gasteiger partial charge in [-0.15, -0.1) is 0 Å². The highest BCUT2D eigenvalue weighted by Crippen LogP contribution is 2.16. The van der Waals surface area contributed by atoms with E-state index in [2.05, 4.69) is 11.9 Å². The Balaban J connectivity index is 2.61. The van der Waals surface area contributed by atoms with Crippen LogP contribution >= 0.6 is 0 Å². The van der Waals surface area contributed by atoms with Crippen LogP contribution < -0.4 is 0 Å². The Kier molecular flexibility index (Phi) is 2.66. The van der Waals surface area contributed by atoms with Crippen LogP contribution in [0.15, 0.2) is 0 Å². The van der Waals surface area contributed by atoms with Gasteiger partial charge in [0.1, 0.15) is 5.78 Å². The van der Waals surface area contributed by atoms with Crippen molar-refractivity contribution in [2.45, 2.75) is 20.3 Å². The van der Waals surface area contributed by atoms with E-state index < -0.39 is 0 Å². The minimum absolute atomic E-state index is 0.234. The minimum Gasteiger partial charge on any atom is -0.306 e. The second-order valence-electron chi connectivity index (χ2n) is 3.76. The molecule has 64 valence electrons. The highest BCUT2D eigenvalue weighted by atomic mass is 16.1. The van der Waals surface area contributed by atoms with Gasteiger partial charge < -0.3 is 4.90 Å². The predicted octanol–water partition coefficient (Wildman–Crippen LogP) is 1.16. The molecule has 1 aliphatic rings. The summed E-state index contributed by atoms with van der Waals surface area (Å²) in [5, 5.41) is 0. The van der Waals surface area contributed by atoms with Crippen LogP contribution in [0.5, 0.6) is 0 Å². The summed E-state index contributed by atoms with van der Waals surface area (Å²) in [5.41, 5.74) is 0. The zero-order valence-corrected chi connectivity index (χ0v) is 7.63. The molecule has 0 aromatic heterocycles. The minimum atomic E-state index is 0.234. The Morgan fingerprint density at radius 3 is 2.64 bits per heavy atom. The molecule has 2 nitrogen and oxygen atoms in total. The van der Waals surface area contributed by atoms with Gasteiger partial charge in [-0.1, -0.05) is 13.8 Å².